The fourth-order valence-electron chi connectivity index (χ4n) is 1.81. The summed E-state index contributed by atoms with van der Waals surface area (Å²) in [5.74, 6) is 0.544. The van der Waals surface area contributed by atoms with Crippen LogP contribution < -0.4 is 10.1 Å². The number of rotatable bonds is 8. The van der Waals surface area contributed by atoms with Gasteiger partial charge in [-0.25, -0.2) is 8.42 Å². The second kappa shape index (κ2) is 7.50. The molecule has 0 aliphatic heterocycles. The molecule has 108 valence electrons. The number of hydrogen-bond donors (Lipinski definition) is 1. The van der Waals surface area contributed by atoms with E-state index in [2.05, 4.69) is 12.2 Å². The summed E-state index contributed by atoms with van der Waals surface area (Å²) in [6.45, 7) is 5.01. The largest absolute Gasteiger partial charge is 0.495 e. The topological polar surface area (TPSA) is 55.4 Å². The first-order valence-electron chi connectivity index (χ1n) is 6.60. The number of methoxy groups -OCH3 is 1. The third kappa shape index (κ3) is 4.84. The lowest BCUT2D eigenvalue weighted by molar-refractivity contribution is 0.402. The number of benzene rings is 1. The van der Waals surface area contributed by atoms with E-state index in [-0.39, 0.29) is 16.7 Å². The third-order valence-corrected chi connectivity index (χ3v) is 4.75. The van der Waals surface area contributed by atoms with E-state index < -0.39 is 9.84 Å². The molecule has 1 unspecified atom stereocenters. The lowest BCUT2D eigenvalue weighted by Gasteiger charge is -2.14. The van der Waals surface area contributed by atoms with Gasteiger partial charge in [0.05, 0.1) is 12.9 Å². The zero-order valence-electron chi connectivity index (χ0n) is 11.8. The van der Waals surface area contributed by atoms with Crippen LogP contribution >= 0.6 is 0 Å². The Labute approximate surface area is 116 Å². The number of hydrogen-bond acceptors (Lipinski definition) is 4. The van der Waals surface area contributed by atoms with Crippen molar-refractivity contribution < 1.29 is 13.2 Å². The number of para-hydroxylation sites is 1. The maximum absolute atomic E-state index is 12.3. The van der Waals surface area contributed by atoms with Gasteiger partial charge in [-0.3, -0.25) is 0 Å². The molecule has 0 saturated heterocycles. The van der Waals surface area contributed by atoms with Gasteiger partial charge in [0.25, 0.3) is 0 Å². The molecule has 0 spiro atoms. The van der Waals surface area contributed by atoms with E-state index in [0.29, 0.717) is 12.2 Å². The average molecular weight is 285 g/mol. The highest BCUT2D eigenvalue weighted by molar-refractivity contribution is 7.91. The predicted molar refractivity (Wildman–Crippen MR) is 77.4 cm³/mol. The maximum Gasteiger partial charge on any atom is 0.182 e. The third-order valence-electron chi connectivity index (χ3n) is 2.97. The molecule has 0 bridgehead atoms. The highest BCUT2D eigenvalue weighted by Crippen LogP contribution is 2.24. The van der Waals surface area contributed by atoms with Gasteiger partial charge in [0.15, 0.2) is 9.84 Å². The van der Waals surface area contributed by atoms with Gasteiger partial charge in [-0.15, -0.1) is 0 Å². The molecule has 0 fully saturated rings. The predicted octanol–water partition coefficient (Wildman–Crippen LogP) is 2.25. The first kappa shape index (κ1) is 16.0. The Morgan fingerprint density at radius 2 is 2.00 bits per heavy atom. The summed E-state index contributed by atoms with van der Waals surface area (Å²) in [5.41, 5.74) is 0. The molecule has 0 saturated carbocycles. The van der Waals surface area contributed by atoms with Crippen LogP contribution in [0.1, 0.15) is 26.7 Å². The van der Waals surface area contributed by atoms with E-state index in [4.69, 9.17) is 4.74 Å². The Morgan fingerprint density at radius 3 is 2.63 bits per heavy atom. The van der Waals surface area contributed by atoms with E-state index in [9.17, 15) is 8.42 Å². The van der Waals surface area contributed by atoms with Crippen molar-refractivity contribution in [2.75, 3.05) is 19.4 Å². The van der Waals surface area contributed by atoms with E-state index in [1.54, 1.807) is 24.3 Å². The lowest BCUT2D eigenvalue weighted by Crippen LogP contribution is -2.28. The standard InChI is InChI=1S/C14H23NO3S/c1-4-10-15-12(2)9-11-19(16,17)14-8-6-5-7-13(14)18-3/h5-8,12,15H,4,9-11H2,1-3H3. The molecule has 0 aromatic heterocycles. The van der Waals surface area contributed by atoms with E-state index >= 15 is 0 Å². The minimum atomic E-state index is -3.29. The summed E-state index contributed by atoms with van der Waals surface area (Å²) in [4.78, 5) is 0.278. The zero-order valence-corrected chi connectivity index (χ0v) is 12.7. The smallest absolute Gasteiger partial charge is 0.182 e. The van der Waals surface area contributed by atoms with Crippen LogP contribution in [0.3, 0.4) is 0 Å². The molecule has 0 aliphatic rings. The van der Waals surface area contributed by atoms with E-state index in [0.717, 1.165) is 13.0 Å². The summed E-state index contributed by atoms with van der Waals surface area (Å²) in [6, 6.07) is 6.95. The molecule has 0 radical (unpaired) electrons. The van der Waals surface area contributed by atoms with Crippen LogP contribution in [-0.4, -0.2) is 33.9 Å². The molecular formula is C14H23NO3S. The van der Waals surface area contributed by atoms with Crippen LogP contribution in [0.25, 0.3) is 0 Å². The molecular weight excluding hydrogens is 262 g/mol. The van der Waals surface area contributed by atoms with Gasteiger partial charge in [0, 0.05) is 6.04 Å². The van der Waals surface area contributed by atoms with Crippen LogP contribution in [0.5, 0.6) is 5.75 Å². The summed E-state index contributed by atoms with van der Waals surface area (Å²) in [5, 5.41) is 3.29. The molecule has 4 nitrogen and oxygen atoms in total. The molecule has 5 heteroatoms. The number of sulfone groups is 1. The van der Waals surface area contributed by atoms with E-state index in [1.165, 1.54) is 7.11 Å². The van der Waals surface area contributed by atoms with Crippen molar-refractivity contribution in [1.82, 2.24) is 5.32 Å². The highest BCUT2D eigenvalue weighted by Gasteiger charge is 2.19. The molecule has 1 rings (SSSR count). The van der Waals surface area contributed by atoms with Crippen molar-refractivity contribution in [3.05, 3.63) is 24.3 Å². The first-order chi connectivity index (χ1) is 9.01. The van der Waals surface area contributed by atoms with Crippen molar-refractivity contribution in [2.24, 2.45) is 0 Å². The summed E-state index contributed by atoms with van der Waals surface area (Å²) >= 11 is 0. The normalized spacial score (nSPS) is 13.2. The highest BCUT2D eigenvalue weighted by atomic mass is 32.2. The molecule has 0 amide bonds. The van der Waals surface area contributed by atoms with Gasteiger partial charge in [-0.05, 0) is 38.4 Å². The minimum absolute atomic E-state index is 0.130. The SMILES string of the molecule is CCCNC(C)CCS(=O)(=O)c1ccccc1OC. The van der Waals surface area contributed by atoms with Crippen molar-refractivity contribution in [2.45, 2.75) is 37.6 Å². The Hall–Kier alpha value is -1.07. The van der Waals surface area contributed by atoms with Crippen molar-refractivity contribution in [3.8, 4) is 5.75 Å². The summed E-state index contributed by atoms with van der Waals surface area (Å²) in [6.07, 6.45) is 1.64. The number of nitrogens with one attached hydrogen (secondary N) is 1. The Bertz CT molecular complexity index is 485. The minimum Gasteiger partial charge on any atom is -0.495 e. The van der Waals surface area contributed by atoms with Crippen LogP contribution in [0.15, 0.2) is 29.2 Å². The Morgan fingerprint density at radius 1 is 1.32 bits per heavy atom. The molecule has 1 N–H and O–H groups in total. The molecule has 0 heterocycles. The van der Waals surface area contributed by atoms with Crippen LogP contribution in [0.2, 0.25) is 0 Å². The van der Waals surface area contributed by atoms with Gasteiger partial charge in [0.2, 0.25) is 0 Å². The van der Waals surface area contributed by atoms with Crippen molar-refractivity contribution in [3.63, 3.8) is 0 Å². The summed E-state index contributed by atoms with van der Waals surface area (Å²) < 4.78 is 29.7. The average Bonchev–Trinajstić information content (AvgIpc) is 2.43. The quantitative estimate of drug-likeness (QED) is 0.796. The van der Waals surface area contributed by atoms with Gasteiger partial charge in [0.1, 0.15) is 10.6 Å². The van der Waals surface area contributed by atoms with Crippen LogP contribution in [-0.2, 0) is 9.84 Å². The molecule has 1 aromatic rings. The van der Waals surface area contributed by atoms with Gasteiger partial charge in [-0.1, -0.05) is 19.1 Å². The molecule has 1 atom stereocenters. The van der Waals surface area contributed by atoms with Crippen molar-refractivity contribution in [1.29, 1.82) is 0 Å². The second-order valence-corrected chi connectivity index (χ2v) is 6.69. The number of ether oxygens (including phenoxy) is 1. The summed E-state index contributed by atoms with van der Waals surface area (Å²) in [7, 11) is -1.80. The van der Waals surface area contributed by atoms with Crippen LogP contribution in [0.4, 0.5) is 0 Å². The fraction of sp³-hybridized carbons (Fsp3) is 0.571. The van der Waals surface area contributed by atoms with Gasteiger partial charge < -0.3 is 10.1 Å². The van der Waals surface area contributed by atoms with Crippen molar-refractivity contribution >= 4 is 9.84 Å². The molecule has 19 heavy (non-hydrogen) atoms. The first-order valence-corrected chi connectivity index (χ1v) is 8.25. The maximum atomic E-state index is 12.3. The Kier molecular flexibility index (Phi) is 6.31. The second-order valence-electron chi connectivity index (χ2n) is 4.61. The van der Waals surface area contributed by atoms with Crippen LogP contribution in [0, 0.1) is 0 Å². The Balaban J connectivity index is 2.71. The fourth-order valence-corrected chi connectivity index (χ4v) is 3.44. The van der Waals surface area contributed by atoms with Gasteiger partial charge >= 0.3 is 0 Å². The molecule has 1 aromatic carbocycles. The zero-order chi connectivity index (χ0) is 14.3. The monoisotopic (exact) mass is 285 g/mol. The molecule has 0 aliphatic carbocycles. The van der Waals surface area contributed by atoms with Gasteiger partial charge in [-0.2, -0.15) is 0 Å². The lowest BCUT2D eigenvalue weighted by atomic mass is 10.2. The van der Waals surface area contributed by atoms with E-state index in [1.807, 2.05) is 6.92 Å².